The van der Waals surface area contributed by atoms with E-state index in [2.05, 4.69) is 40.3 Å². The van der Waals surface area contributed by atoms with Crippen LogP contribution in [0.2, 0.25) is 0 Å². The Bertz CT molecular complexity index is 1620. The molecule has 2 fully saturated rings. The summed E-state index contributed by atoms with van der Waals surface area (Å²) in [4.78, 5) is 39.6. The number of benzene rings is 1. The highest BCUT2D eigenvalue weighted by Gasteiger charge is 2.31. The Morgan fingerprint density at radius 1 is 1.10 bits per heavy atom. The molecule has 1 aromatic carbocycles. The summed E-state index contributed by atoms with van der Waals surface area (Å²) in [5, 5.41) is 3.47. The molecule has 0 amide bonds. The number of aliphatic imine (C=N–C) groups is 1. The van der Waals surface area contributed by atoms with Crippen molar-refractivity contribution in [1.29, 1.82) is 0 Å². The van der Waals surface area contributed by atoms with Crippen LogP contribution in [-0.4, -0.2) is 49.7 Å². The van der Waals surface area contributed by atoms with Crippen molar-refractivity contribution in [1.82, 2.24) is 18.7 Å². The van der Waals surface area contributed by atoms with Crippen molar-refractivity contribution < 1.29 is 0 Å². The van der Waals surface area contributed by atoms with Gasteiger partial charge in [-0.3, -0.25) is 23.5 Å². The topological polar surface area (TPSA) is 115 Å². The van der Waals surface area contributed by atoms with Crippen LogP contribution in [0, 0.1) is 11.8 Å². The molecule has 3 unspecified atom stereocenters. The average Bonchev–Trinajstić information content (AvgIpc) is 3.25. The van der Waals surface area contributed by atoms with E-state index in [4.69, 9.17) is 15.7 Å². The third-order valence-corrected chi connectivity index (χ3v) is 8.37. The van der Waals surface area contributed by atoms with Crippen molar-refractivity contribution in [3.63, 3.8) is 0 Å². The van der Waals surface area contributed by atoms with Gasteiger partial charge in [0.25, 0.3) is 5.56 Å². The first-order valence-electron chi connectivity index (χ1n) is 14.0. The van der Waals surface area contributed by atoms with Crippen molar-refractivity contribution in [3.05, 3.63) is 50.7 Å². The van der Waals surface area contributed by atoms with Crippen molar-refractivity contribution in [2.24, 2.45) is 17.8 Å². The predicted octanol–water partition coefficient (Wildman–Crippen LogP) is 2.40. The van der Waals surface area contributed by atoms with E-state index in [0.29, 0.717) is 42.0 Å². The number of fused-ring (bicyclic) bond motifs is 4. The maximum Gasteiger partial charge on any atom is 0.332 e. The Kier molecular flexibility index (Phi) is 6.77. The highest BCUT2D eigenvalue weighted by atomic mass is 16.2. The summed E-state index contributed by atoms with van der Waals surface area (Å²) in [6.45, 7) is 3.58. The Hall–Kier alpha value is -3.84. The SMILES string of the molecule is CC#CCn1c(N2CCCC(N)C2)nc2c1c(=O)n(CC1=NC3CCCCC3c3ccccc3N1)c(=O)n2C. The minimum Gasteiger partial charge on any atom is -0.342 e. The van der Waals surface area contributed by atoms with E-state index in [-0.39, 0.29) is 24.2 Å². The van der Waals surface area contributed by atoms with Gasteiger partial charge in [-0.2, -0.15) is 4.98 Å². The molecule has 1 aliphatic carbocycles. The molecule has 0 spiro atoms. The second kappa shape index (κ2) is 10.4. The summed E-state index contributed by atoms with van der Waals surface area (Å²) < 4.78 is 4.59. The fourth-order valence-corrected chi connectivity index (χ4v) is 6.42. The summed E-state index contributed by atoms with van der Waals surface area (Å²) in [5.74, 6) is 7.63. The van der Waals surface area contributed by atoms with Crippen LogP contribution in [0.3, 0.4) is 0 Å². The van der Waals surface area contributed by atoms with E-state index < -0.39 is 5.69 Å². The van der Waals surface area contributed by atoms with Crippen LogP contribution >= 0.6 is 0 Å². The summed E-state index contributed by atoms with van der Waals surface area (Å²) in [6, 6.07) is 8.47. The highest BCUT2D eigenvalue weighted by Crippen LogP contribution is 2.40. The molecule has 2 aliphatic heterocycles. The molecule has 0 bridgehead atoms. The van der Waals surface area contributed by atoms with E-state index in [0.717, 1.165) is 44.3 Å². The molecule has 6 rings (SSSR count). The molecule has 204 valence electrons. The summed E-state index contributed by atoms with van der Waals surface area (Å²) in [6.07, 6.45) is 6.31. The lowest BCUT2D eigenvalue weighted by Crippen LogP contribution is -2.44. The van der Waals surface area contributed by atoms with Crippen LogP contribution in [0.5, 0.6) is 0 Å². The second-order valence-electron chi connectivity index (χ2n) is 10.9. The van der Waals surface area contributed by atoms with Gasteiger partial charge in [0.1, 0.15) is 5.84 Å². The fourth-order valence-electron chi connectivity index (χ4n) is 6.42. The number of hydrogen-bond acceptors (Lipinski definition) is 7. The Balaban J connectivity index is 1.47. The molecule has 39 heavy (non-hydrogen) atoms. The average molecular weight is 529 g/mol. The largest absolute Gasteiger partial charge is 0.342 e. The molecule has 3 aliphatic rings. The van der Waals surface area contributed by atoms with Crippen molar-refractivity contribution >= 4 is 28.6 Å². The molecule has 10 heteroatoms. The number of nitrogens with two attached hydrogens (primary N) is 1. The number of aromatic nitrogens is 4. The van der Waals surface area contributed by atoms with Gasteiger partial charge in [-0.15, -0.1) is 5.92 Å². The van der Waals surface area contributed by atoms with Gasteiger partial charge < -0.3 is 16.0 Å². The molecular formula is C29H36N8O2. The van der Waals surface area contributed by atoms with Crippen molar-refractivity contribution in [2.75, 3.05) is 23.3 Å². The monoisotopic (exact) mass is 528 g/mol. The number of para-hydroxylation sites is 1. The first kappa shape index (κ1) is 25.4. The van der Waals surface area contributed by atoms with Crippen LogP contribution in [0.25, 0.3) is 11.2 Å². The fraction of sp³-hybridized carbons (Fsp3) is 0.517. The number of amidine groups is 1. The van der Waals surface area contributed by atoms with Crippen LogP contribution in [0.4, 0.5) is 11.6 Å². The van der Waals surface area contributed by atoms with Gasteiger partial charge in [0.15, 0.2) is 11.2 Å². The van der Waals surface area contributed by atoms with E-state index in [1.54, 1.807) is 14.0 Å². The minimum absolute atomic E-state index is 0.0376. The zero-order chi connectivity index (χ0) is 27.1. The molecule has 1 saturated carbocycles. The zero-order valence-corrected chi connectivity index (χ0v) is 22.7. The number of piperidine rings is 1. The second-order valence-corrected chi connectivity index (χ2v) is 10.9. The van der Waals surface area contributed by atoms with Gasteiger partial charge in [-0.05, 0) is 44.2 Å². The molecule has 3 aromatic rings. The van der Waals surface area contributed by atoms with E-state index >= 15 is 0 Å². The number of nitrogens with one attached hydrogen (secondary N) is 1. The van der Waals surface area contributed by atoms with Crippen LogP contribution < -0.4 is 27.2 Å². The number of aryl methyl sites for hydroxylation is 1. The number of rotatable bonds is 4. The molecule has 3 N–H and O–H groups in total. The molecule has 3 atom stereocenters. The zero-order valence-electron chi connectivity index (χ0n) is 22.7. The molecule has 10 nitrogen and oxygen atoms in total. The Labute approximate surface area is 227 Å². The Morgan fingerprint density at radius 3 is 2.74 bits per heavy atom. The molecule has 1 saturated heterocycles. The van der Waals surface area contributed by atoms with Gasteiger partial charge in [-0.1, -0.05) is 37.0 Å². The normalized spacial score (nSPS) is 22.7. The quantitative estimate of drug-likeness (QED) is 0.503. The Morgan fingerprint density at radius 2 is 1.92 bits per heavy atom. The summed E-state index contributed by atoms with van der Waals surface area (Å²) in [7, 11) is 1.67. The lowest BCUT2D eigenvalue weighted by atomic mass is 9.80. The van der Waals surface area contributed by atoms with E-state index in [1.807, 2.05) is 10.6 Å². The molecule has 2 aromatic heterocycles. The van der Waals surface area contributed by atoms with E-state index in [1.165, 1.54) is 21.1 Å². The summed E-state index contributed by atoms with van der Waals surface area (Å²) >= 11 is 0. The highest BCUT2D eigenvalue weighted by molar-refractivity contribution is 5.97. The minimum atomic E-state index is -0.414. The van der Waals surface area contributed by atoms with Gasteiger partial charge in [0, 0.05) is 37.8 Å². The third-order valence-electron chi connectivity index (χ3n) is 8.37. The number of hydrogen-bond donors (Lipinski definition) is 2. The molecule has 4 heterocycles. The van der Waals surface area contributed by atoms with Gasteiger partial charge in [0.2, 0.25) is 5.95 Å². The number of imidazole rings is 1. The lowest BCUT2D eigenvalue weighted by Gasteiger charge is -2.31. The van der Waals surface area contributed by atoms with Crippen LogP contribution in [0.15, 0.2) is 38.8 Å². The van der Waals surface area contributed by atoms with Gasteiger partial charge in [0.05, 0.1) is 19.1 Å². The van der Waals surface area contributed by atoms with Crippen LogP contribution in [0.1, 0.15) is 56.9 Å². The van der Waals surface area contributed by atoms with Crippen molar-refractivity contribution in [2.45, 2.75) is 76.5 Å². The summed E-state index contributed by atoms with van der Waals surface area (Å²) in [5.41, 5.74) is 8.47. The predicted molar refractivity (Wildman–Crippen MR) is 155 cm³/mol. The number of nitrogens with zero attached hydrogens (tertiary/aromatic N) is 6. The molecule has 0 radical (unpaired) electrons. The number of anilines is 2. The maximum absolute atomic E-state index is 14.0. The first-order chi connectivity index (χ1) is 19.0. The third kappa shape index (κ3) is 4.55. The molecular weight excluding hydrogens is 492 g/mol. The van der Waals surface area contributed by atoms with Gasteiger partial charge >= 0.3 is 5.69 Å². The van der Waals surface area contributed by atoms with Crippen LogP contribution in [-0.2, 0) is 20.1 Å². The standard InChI is InChI=1S/C29H36N8O2/c1-3-4-16-36-25-26(33-28(36)35-15-9-10-19(30)17-35)34(2)29(39)37(27(25)38)18-24-31-22-13-7-5-11-20(22)21-12-6-8-14-23(21)32-24/h5,7,11,13,19,21,23H,6,8-10,12,14-18,30H2,1-2H3,(H,31,32). The smallest absolute Gasteiger partial charge is 0.332 e. The van der Waals surface area contributed by atoms with Crippen molar-refractivity contribution in [3.8, 4) is 11.8 Å². The van der Waals surface area contributed by atoms with E-state index in [9.17, 15) is 9.59 Å². The van der Waals surface area contributed by atoms with Gasteiger partial charge in [-0.25, -0.2) is 4.79 Å². The lowest BCUT2D eigenvalue weighted by molar-refractivity contribution is 0.389. The first-order valence-corrected chi connectivity index (χ1v) is 14.0. The maximum atomic E-state index is 14.0.